The van der Waals surface area contributed by atoms with Crippen LogP contribution in [0.1, 0.15) is 42.5 Å². The summed E-state index contributed by atoms with van der Waals surface area (Å²) >= 11 is 0. The highest BCUT2D eigenvalue weighted by Gasteiger charge is 2.26. The number of fused-ring (bicyclic) bond motifs is 1. The van der Waals surface area contributed by atoms with Crippen molar-refractivity contribution in [3.63, 3.8) is 0 Å². The number of aliphatic imine (C=N–C) groups is 1. The van der Waals surface area contributed by atoms with Crippen molar-refractivity contribution in [2.45, 2.75) is 50.9 Å². The van der Waals surface area contributed by atoms with Crippen LogP contribution in [-0.4, -0.2) is 72.6 Å². The maximum Gasteiger partial charge on any atom is 0.191 e. The maximum atomic E-state index is 5.46. The molecule has 2 unspecified atom stereocenters. The molecule has 1 saturated heterocycles. The van der Waals surface area contributed by atoms with Crippen LogP contribution in [0.5, 0.6) is 5.75 Å². The summed E-state index contributed by atoms with van der Waals surface area (Å²) in [7, 11) is 5.21. The summed E-state index contributed by atoms with van der Waals surface area (Å²) in [5.74, 6) is 3.50. The van der Waals surface area contributed by atoms with Crippen molar-refractivity contribution in [2.24, 2.45) is 4.99 Å². The molecule has 2 aromatic rings. The largest absolute Gasteiger partial charge is 0.497 e. The highest BCUT2D eigenvalue weighted by molar-refractivity contribution is 14.0. The zero-order valence-electron chi connectivity index (χ0n) is 19.8. The van der Waals surface area contributed by atoms with Crippen molar-refractivity contribution in [1.82, 2.24) is 30.3 Å². The molecular weight excluding hydrogens is 533 g/mol. The number of nitrogens with zero attached hydrogens (tertiary/aromatic N) is 5. The summed E-state index contributed by atoms with van der Waals surface area (Å²) in [6.45, 7) is 4.25. The minimum absolute atomic E-state index is 0. The molecular formula is C23H36IN7O2. The van der Waals surface area contributed by atoms with Gasteiger partial charge in [-0.25, -0.2) is 9.67 Å². The van der Waals surface area contributed by atoms with Crippen molar-refractivity contribution < 1.29 is 9.47 Å². The van der Waals surface area contributed by atoms with E-state index in [4.69, 9.17) is 9.47 Å². The van der Waals surface area contributed by atoms with Crippen molar-refractivity contribution in [3.05, 3.63) is 41.5 Å². The topological polar surface area (TPSA) is 88.8 Å². The van der Waals surface area contributed by atoms with Crippen LogP contribution in [0.2, 0.25) is 0 Å². The number of aryl methyl sites for hydroxylation is 1. The lowest BCUT2D eigenvalue weighted by Gasteiger charge is -2.30. The molecule has 0 bridgehead atoms. The number of hydrogen-bond acceptors (Lipinski definition) is 6. The van der Waals surface area contributed by atoms with Gasteiger partial charge in [-0.05, 0) is 50.0 Å². The fourth-order valence-corrected chi connectivity index (χ4v) is 4.61. The Morgan fingerprint density at radius 2 is 2.09 bits per heavy atom. The van der Waals surface area contributed by atoms with Crippen LogP contribution in [0, 0.1) is 0 Å². The highest BCUT2D eigenvalue weighted by Crippen LogP contribution is 2.27. The van der Waals surface area contributed by atoms with Crippen LogP contribution in [0.15, 0.2) is 29.3 Å². The van der Waals surface area contributed by atoms with Gasteiger partial charge < -0.3 is 20.1 Å². The summed E-state index contributed by atoms with van der Waals surface area (Å²) < 4.78 is 12.6. The normalized spacial score (nSPS) is 19.5. The van der Waals surface area contributed by atoms with Crippen molar-refractivity contribution >= 4 is 29.9 Å². The molecule has 4 rings (SSSR count). The lowest BCUT2D eigenvalue weighted by atomic mass is 10.0. The molecule has 2 N–H and O–H groups in total. The molecule has 2 atom stereocenters. The third kappa shape index (κ3) is 6.57. The standard InChI is InChI=1S/C23H35N7O2.HI/c1-24-23(26-18-9-10-22-27-21(16-31-2)28-30(22)15-18)25-14-20(29-11-4-5-12-29)17-7-6-8-19(13-17)32-3;/h6-8,13,18,20H,4-5,9-12,14-16H2,1-3H3,(H2,24,25,26);1H. The molecule has 33 heavy (non-hydrogen) atoms. The van der Waals surface area contributed by atoms with Gasteiger partial charge in [0.05, 0.1) is 19.7 Å². The third-order valence-electron chi connectivity index (χ3n) is 6.26. The quantitative estimate of drug-likeness (QED) is 0.287. The van der Waals surface area contributed by atoms with Crippen LogP contribution in [-0.2, 0) is 24.3 Å². The molecule has 1 aromatic heterocycles. The van der Waals surface area contributed by atoms with E-state index in [0.29, 0.717) is 6.61 Å². The summed E-state index contributed by atoms with van der Waals surface area (Å²) in [5, 5.41) is 11.7. The maximum absolute atomic E-state index is 5.46. The van der Waals surface area contributed by atoms with E-state index in [1.54, 1.807) is 14.2 Å². The Kier molecular flexibility index (Phi) is 9.75. The van der Waals surface area contributed by atoms with E-state index in [9.17, 15) is 0 Å². The zero-order valence-corrected chi connectivity index (χ0v) is 22.1. The van der Waals surface area contributed by atoms with Gasteiger partial charge in [-0.1, -0.05) is 12.1 Å². The lowest BCUT2D eigenvalue weighted by molar-refractivity contribution is 0.177. The van der Waals surface area contributed by atoms with Gasteiger partial charge in [0.2, 0.25) is 0 Å². The number of ether oxygens (including phenoxy) is 2. The molecule has 9 nitrogen and oxygen atoms in total. The van der Waals surface area contributed by atoms with Crippen LogP contribution >= 0.6 is 24.0 Å². The monoisotopic (exact) mass is 569 g/mol. The van der Waals surface area contributed by atoms with Crippen LogP contribution in [0.3, 0.4) is 0 Å². The summed E-state index contributed by atoms with van der Waals surface area (Å²) in [4.78, 5) is 11.6. The second-order valence-electron chi connectivity index (χ2n) is 8.43. The number of methoxy groups -OCH3 is 2. The molecule has 10 heteroatoms. The first-order valence-corrected chi connectivity index (χ1v) is 11.5. The van der Waals surface area contributed by atoms with Gasteiger partial charge in [0.15, 0.2) is 11.8 Å². The van der Waals surface area contributed by atoms with Gasteiger partial charge in [0.1, 0.15) is 18.2 Å². The molecule has 3 heterocycles. The van der Waals surface area contributed by atoms with E-state index in [1.165, 1.54) is 18.4 Å². The Labute approximate surface area is 213 Å². The Hall–Kier alpha value is -1.92. The number of halogens is 1. The van der Waals surface area contributed by atoms with Crippen LogP contribution in [0.25, 0.3) is 0 Å². The third-order valence-corrected chi connectivity index (χ3v) is 6.26. The average molecular weight is 569 g/mol. The number of likely N-dealkylation sites (tertiary alicyclic amines) is 1. The predicted octanol–water partition coefficient (Wildman–Crippen LogP) is 2.37. The van der Waals surface area contributed by atoms with Crippen LogP contribution in [0.4, 0.5) is 0 Å². The molecule has 2 aliphatic heterocycles. The zero-order chi connectivity index (χ0) is 22.3. The molecule has 182 valence electrons. The fourth-order valence-electron chi connectivity index (χ4n) is 4.61. The van der Waals surface area contributed by atoms with Gasteiger partial charge in [0, 0.05) is 33.2 Å². The number of rotatable bonds is 8. The number of benzene rings is 1. The van der Waals surface area contributed by atoms with Gasteiger partial charge in [0.25, 0.3) is 0 Å². The van der Waals surface area contributed by atoms with Crippen molar-refractivity contribution in [3.8, 4) is 5.75 Å². The number of hydrogen-bond donors (Lipinski definition) is 2. The number of guanidine groups is 1. The van der Waals surface area contributed by atoms with E-state index < -0.39 is 0 Å². The smallest absolute Gasteiger partial charge is 0.191 e. The lowest BCUT2D eigenvalue weighted by Crippen LogP contribution is -2.49. The first kappa shape index (κ1) is 25.7. The van der Waals surface area contributed by atoms with Crippen molar-refractivity contribution in [2.75, 3.05) is 40.9 Å². The Balaban J connectivity index is 0.00000306. The van der Waals surface area contributed by atoms with Crippen molar-refractivity contribution in [1.29, 1.82) is 0 Å². The molecule has 0 amide bonds. The summed E-state index contributed by atoms with van der Waals surface area (Å²) in [5.41, 5.74) is 1.27. The highest BCUT2D eigenvalue weighted by atomic mass is 127. The van der Waals surface area contributed by atoms with E-state index >= 15 is 0 Å². The SMILES string of the molecule is CN=C(NCC(c1cccc(OC)c1)N1CCCC1)NC1CCc2nc(COC)nn2C1.I. The number of aromatic nitrogens is 3. The Morgan fingerprint density at radius 1 is 1.27 bits per heavy atom. The molecule has 2 aliphatic rings. The Bertz CT molecular complexity index is 914. The summed E-state index contributed by atoms with van der Waals surface area (Å²) in [6.07, 6.45) is 4.39. The minimum atomic E-state index is 0. The first-order valence-electron chi connectivity index (χ1n) is 11.5. The first-order chi connectivity index (χ1) is 15.7. The fraction of sp³-hybridized carbons (Fsp3) is 0.609. The second kappa shape index (κ2) is 12.5. The van der Waals surface area contributed by atoms with E-state index in [-0.39, 0.29) is 36.1 Å². The van der Waals surface area contributed by atoms with E-state index in [1.807, 2.05) is 17.8 Å². The minimum Gasteiger partial charge on any atom is -0.497 e. The Morgan fingerprint density at radius 3 is 2.82 bits per heavy atom. The second-order valence-corrected chi connectivity index (χ2v) is 8.43. The molecule has 0 saturated carbocycles. The molecule has 0 spiro atoms. The average Bonchev–Trinajstić information content (AvgIpc) is 3.48. The van der Waals surface area contributed by atoms with E-state index in [2.05, 4.69) is 48.8 Å². The molecule has 0 aliphatic carbocycles. The number of nitrogens with one attached hydrogen (secondary N) is 2. The van der Waals surface area contributed by atoms with E-state index in [0.717, 1.165) is 62.4 Å². The van der Waals surface area contributed by atoms with Gasteiger partial charge in [-0.15, -0.1) is 24.0 Å². The summed E-state index contributed by atoms with van der Waals surface area (Å²) in [6, 6.07) is 8.93. The molecule has 1 fully saturated rings. The van der Waals surface area contributed by atoms with Crippen LogP contribution < -0.4 is 15.4 Å². The van der Waals surface area contributed by atoms with Gasteiger partial charge >= 0.3 is 0 Å². The molecule has 0 radical (unpaired) electrons. The van der Waals surface area contributed by atoms with Gasteiger partial charge in [-0.3, -0.25) is 9.89 Å². The van der Waals surface area contributed by atoms with Gasteiger partial charge in [-0.2, -0.15) is 5.10 Å². The predicted molar refractivity (Wildman–Crippen MR) is 139 cm³/mol. The molecule has 1 aromatic carbocycles.